The SMILES string of the molecule is CC1=C(CCNC(=O)CN)C(=O)c2ccccc2C1=O. The number of amides is 1. The number of rotatable bonds is 4. The first-order chi connectivity index (χ1) is 9.56. The Morgan fingerprint density at radius 1 is 1.15 bits per heavy atom. The van der Waals surface area contributed by atoms with Crippen LogP contribution in [0.15, 0.2) is 35.4 Å². The molecule has 1 amide bonds. The van der Waals surface area contributed by atoms with Crippen molar-refractivity contribution in [1.29, 1.82) is 0 Å². The van der Waals surface area contributed by atoms with Crippen LogP contribution in [0, 0.1) is 0 Å². The third-order valence-electron chi connectivity index (χ3n) is 3.37. The highest BCUT2D eigenvalue weighted by atomic mass is 16.2. The summed E-state index contributed by atoms with van der Waals surface area (Å²) in [6.07, 6.45) is 0.330. The molecule has 0 heterocycles. The molecular formula is C15H16N2O3. The first kappa shape index (κ1) is 14.1. The molecule has 0 fully saturated rings. The number of nitrogens with one attached hydrogen (secondary N) is 1. The molecule has 104 valence electrons. The second-order valence-corrected chi connectivity index (χ2v) is 4.61. The van der Waals surface area contributed by atoms with Crippen molar-refractivity contribution < 1.29 is 14.4 Å². The molecule has 0 aromatic heterocycles. The third kappa shape index (κ3) is 2.53. The second kappa shape index (κ2) is 5.79. The van der Waals surface area contributed by atoms with E-state index in [9.17, 15) is 14.4 Å². The number of hydrogen-bond donors (Lipinski definition) is 2. The summed E-state index contributed by atoms with van der Waals surface area (Å²) < 4.78 is 0. The number of fused-ring (bicyclic) bond motifs is 1. The first-order valence-electron chi connectivity index (χ1n) is 6.41. The van der Waals surface area contributed by atoms with E-state index >= 15 is 0 Å². The van der Waals surface area contributed by atoms with Gasteiger partial charge in [0.05, 0.1) is 6.54 Å². The number of Topliss-reactive ketones (excluding diaryl/α,β-unsaturated/α-hetero) is 2. The smallest absolute Gasteiger partial charge is 0.233 e. The lowest BCUT2D eigenvalue weighted by Gasteiger charge is -2.19. The van der Waals surface area contributed by atoms with Crippen molar-refractivity contribution in [1.82, 2.24) is 5.32 Å². The molecule has 0 atom stereocenters. The molecule has 5 nitrogen and oxygen atoms in total. The average molecular weight is 272 g/mol. The molecule has 0 bridgehead atoms. The molecule has 0 saturated heterocycles. The molecule has 1 aromatic rings. The molecule has 5 heteroatoms. The summed E-state index contributed by atoms with van der Waals surface area (Å²) in [4.78, 5) is 35.7. The van der Waals surface area contributed by atoms with E-state index in [1.165, 1.54) is 0 Å². The molecule has 1 aliphatic rings. The van der Waals surface area contributed by atoms with Crippen LogP contribution in [0.25, 0.3) is 0 Å². The summed E-state index contributed by atoms with van der Waals surface area (Å²) in [6, 6.07) is 6.79. The zero-order valence-electron chi connectivity index (χ0n) is 11.2. The Morgan fingerprint density at radius 3 is 2.35 bits per heavy atom. The number of allylic oxidation sites excluding steroid dienone is 1. The van der Waals surface area contributed by atoms with Gasteiger partial charge in [0.1, 0.15) is 0 Å². The zero-order chi connectivity index (χ0) is 14.7. The molecule has 0 aliphatic heterocycles. The van der Waals surface area contributed by atoms with Gasteiger partial charge in [0.15, 0.2) is 11.6 Å². The van der Waals surface area contributed by atoms with E-state index in [4.69, 9.17) is 5.73 Å². The molecule has 20 heavy (non-hydrogen) atoms. The van der Waals surface area contributed by atoms with Crippen molar-refractivity contribution in [2.24, 2.45) is 5.73 Å². The lowest BCUT2D eigenvalue weighted by Crippen LogP contribution is -2.32. The van der Waals surface area contributed by atoms with Crippen molar-refractivity contribution in [3.05, 3.63) is 46.5 Å². The summed E-state index contributed by atoms with van der Waals surface area (Å²) >= 11 is 0. The summed E-state index contributed by atoms with van der Waals surface area (Å²) in [7, 11) is 0. The van der Waals surface area contributed by atoms with Crippen LogP contribution in [-0.4, -0.2) is 30.6 Å². The first-order valence-corrected chi connectivity index (χ1v) is 6.41. The lowest BCUT2D eigenvalue weighted by molar-refractivity contribution is -0.119. The quantitative estimate of drug-likeness (QED) is 0.850. The minimum absolute atomic E-state index is 0.0895. The highest BCUT2D eigenvalue weighted by Gasteiger charge is 2.28. The van der Waals surface area contributed by atoms with Crippen LogP contribution in [-0.2, 0) is 4.79 Å². The van der Waals surface area contributed by atoms with Gasteiger partial charge in [0.2, 0.25) is 5.91 Å². The molecule has 1 aromatic carbocycles. The minimum atomic E-state index is -0.279. The molecule has 1 aliphatic carbocycles. The molecule has 0 unspecified atom stereocenters. The van der Waals surface area contributed by atoms with Crippen LogP contribution < -0.4 is 11.1 Å². The van der Waals surface area contributed by atoms with Crippen molar-refractivity contribution in [2.75, 3.05) is 13.1 Å². The zero-order valence-corrected chi connectivity index (χ0v) is 11.2. The lowest BCUT2D eigenvalue weighted by atomic mass is 9.83. The Labute approximate surface area is 116 Å². The normalized spacial score (nSPS) is 14.3. The van der Waals surface area contributed by atoms with Crippen LogP contribution >= 0.6 is 0 Å². The van der Waals surface area contributed by atoms with Gasteiger partial charge in [-0.15, -0.1) is 0 Å². The number of carbonyl (C=O) groups excluding carboxylic acids is 3. The van der Waals surface area contributed by atoms with Gasteiger partial charge in [-0.2, -0.15) is 0 Å². The Hall–Kier alpha value is -2.27. The van der Waals surface area contributed by atoms with Gasteiger partial charge in [-0.05, 0) is 13.3 Å². The van der Waals surface area contributed by atoms with Gasteiger partial charge in [0, 0.05) is 28.8 Å². The number of nitrogens with two attached hydrogens (primary N) is 1. The molecule has 0 spiro atoms. The van der Waals surface area contributed by atoms with E-state index in [-0.39, 0.29) is 24.0 Å². The summed E-state index contributed by atoms with van der Waals surface area (Å²) in [6.45, 7) is 1.86. The van der Waals surface area contributed by atoms with Crippen LogP contribution in [0.2, 0.25) is 0 Å². The van der Waals surface area contributed by atoms with Gasteiger partial charge < -0.3 is 11.1 Å². The van der Waals surface area contributed by atoms with E-state index in [1.807, 2.05) is 0 Å². The van der Waals surface area contributed by atoms with E-state index < -0.39 is 0 Å². The highest BCUT2D eigenvalue weighted by molar-refractivity contribution is 6.26. The fraction of sp³-hybridized carbons (Fsp3) is 0.267. The Bertz CT molecular complexity index is 617. The van der Waals surface area contributed by atoms with Crippen LogP contribution in [0.3, 0.4) is 0 Å². The van der Waals surface area contributed by atoms with Crippen molar-refractivity contribution in [3.63, 3.8) is 0 Å². The Morgan fingerprint density at radius 2 is 1.75 bits per heavy atom. The molecule has 0 saturated carbocycles. The number of hydrogen-bond acceptors (Lipinski definition) is 4. The van der Waals surface area contributed by atoms with E-state index in [1.54, 1.807) is 31.2 Å². The van der Waals surface area contributed by atoms with Crippen molar-refractivity contribution in [3.8, 4) is 0 Å². The van der Waals surface area contributed by atoms with E-state index in [0.29, 0.717) is 35.2 Å². The fourth-order valence-corrected chi connectivity index (χ4v) is 2.25. The summed E-state index contributed by atoms with van der Waals surface area (Å²) in [5, 5.41) is 2.60. The standard InChI is InChI=1S/C15H16N2O3/c1-9-10(6-7-17-13(18)8-16)15(20)12-5-3-2-4-11(12)14(9)19/h2-5H,6-8,16H2,1H3,(H,17,18). The number of benzene rings is 1. The van der Waals surface area contributed by atoms with Crippen LogP contribution in [0.4, 0.5) is 0 Å². The van der Waals surface area contributed by atoms with Gasteiger partial charge in [0.25, 0.3) is 0 Å². The molecular weight excluding hydrogens is 256 g/mol. The molecule has 2 rings (SSSR count). The van der Waals surface area contributed by atoms with E-state index in [2.05, 4.69) is 5.32 Å². The predicted molar refractivity (Wildman–Crippen MR) is 74.5 cm³/mol. The van der Waals surface area contributed by atoms with Gasteiger partial charge in [-0.3, -0.25) is 14.4 Å². The van der Waals surface area contributed by atoms with Crippen LogP contribution in [0.5, 0.6) is 0 Å². The minimum Gasteiger partial charge on any atom is -0.355 e. The number of carbonyl (C=O) groups is 3. The van der Waals surface area contributed by atoms with Crippen molar-refractivity contribution in [2.45, 2.75) is 13.3 Å². The molecule has 3 N–H and O–H groups in total. The van der Waals surface area contributed by atoms with Crippen molar-refractivity contribution >= 4 is 17.5 Å². The maximum absolute atomic E-state index is 12.4. The van der Waals surface area contributed by atoms with Gasteiger partial charge in [-0.1, -0.05) is 24.3 Å². The largest absolute Gasteiger partial charge is 0.355 e. The average Bonchev–Trinajstić information content (AvgIpc) is 2.48. The highest BCUT2D eigenvalue weighted by Crippen LogP contribution is 2.27. The summed E-state index contributed by atoms with van der Waals surface area (Å²) in [5.74, 6) is -0.543. The number of ketones is 2. The summed E-state index contributed by atoms with van der Waals surface area (Å²) in [5.41, 5.74) is 6.99. The van der Waals surface area contributed by atoms with Crippen LogP contribution in [0.1, 0.15) is 34.1 Å². The topological polar surface area (TPSA) is 89.3 Å². The van der Waals surface area contributed by atoms with Gasteiger partial charge >= 0.3 is 0 Å². The Balaban J connectivity index is 2.21. The van der Waals surface area contributed by atoms with Gasteiger partial charge in [-0.25, -0.2) is 0 Å². The predicted octanol–water partition coefficient (Wildman–Crippen LogP) is 0.847. The maximum Gasteiger partial charge on any atom is 0.233 e. The van der Waals surface area contributed by atoms with E-state index in [0.717, 1.165) is 0 Å². The monoisotopic (exact) mass is 272 g/mol. The molecule has 0 radical (unpaired) electrons. The second-order valence-electron chi connectivity index (χ2n) is 4.61. The maximum atomic E-state index is 12.4. The fourth-order valence-electron chi connectivity index (χ4n) is 2.25. The Kier molecular flexibility index (Phi) is 4.10. The third-order valence-corrected chi connectivity index (χ3v) is 3.37.